The van der Waals surface area contributed by atoms with E-state index in [1.807, 2.05) is 188 Å². The Morgan fingerprint density at radius 1 is 0.362 bits per heavy atom. The van der Waals surface area contributed by atoms with Crippen molar-refractivity contribution in [3.8, 4) is 90.3 Å². The number of hydrogen-bond acceptors (Lipinski definition) is 35. The molecule has 0 aliphatic carbocycles. The number of esters is 2. The summed E-state index contributed by atoms with van der Waals surface area (Å²) < 4.78 is 17.0. The molecule has 0 atom stereocenters. The molecule has 149 heavy (non-hydrogen) atoms. The number of nitrogens with one attached hydrogen (secondary N) is 6. The summed E-state index contributed by atoms with van der Waals surface area (Å²) in [6, 6.07) is 42.6. The number of cyclic esters (lactones) is 1. The Morgan fingerprint density at radius 3 is 1.29 bits per heavy atom. The van der Waals surface area contributed by atoms with Gasteiger partial charge in [0.25, 0.3) is 0 Å². The number of carbonyl (C=O) groups is 10. The molecular weight excluding hydrogens is 2050 g/mol. The third-order valence-corrected chi connectivity index (χ3v) is 30.1. The average Bonchev–Trinajstić information content (AvgIpc) is 1.68. The van der Waals surface area contributed by atoms with Crippen LogP contribution in [0.2, 0.25) is 0 Å². The molecule has 6 aromatic carbocycles. The highest BCUT2D eigenvalue weighted by Gasteiger charge is 2.25. The largest absolute Gasteiger partial charge is 0.457 e. The SMILES string of the molecule is Cc1nc2ccc(-c3nc(CCC=O)cs3)cc2[nH]1.O=CCCc1csc(-c2ccc3[nH]c(=O)[nH]c3c2)n1.O=CCCc1csc(-c2ccc3c(c2)CC(=O)O3)n1.O=CCCc1csc(-c2ccc3c(c2)COC3=O)n1.O=CCCc1csc(-c2ccc3nc[nH]c3c2)n1.O=CCCc1csc(-c2ccc3oc(=O)[nH]c3c2)n1.O=CCCc1csc(-c2ccn3ccnc3c2)n1.O=CCCc1csc(-c2cnc3[nH]ccc3c2)n1. The van der Waals surface area contributed by atoms with Crippen LogP contribution in [0.15, 0.2) is 228 Å². The smallest absolute Gasteiger partial charge is 0.417 e. The summed E-state index contributed by atoms with van der Waals surface area (Å²) in [5.41, 5.74) is 26.5. The van der Waals surface area contributed by atoms with Gasteiger partial charge in [0, 0.05) is 186 Å². The van der Waals surface area contributed by atoms with Gasteiger partial charge in [-0.15, -0.1) is 90.7 Å². The van der Waals surface area contributed by atoms with E-state index in [1.165, 1.54) is 22.7 Å². The molecule has 0 amide bonds. The molecule has 0 saturated heterocycles. The fourth-order valence-electron chi connectivity index (χ4n) is 15.3. The van der Waals surface area contributed by atoms with Gasteiger partial charge in [0.05, 0.1) is 102 Å². The van der Waals surface area contributed by atoms with E-state index in [2.05, 4.69) is 102 Å². The second kappa shape index (κ2) is 51.0. The van der Waals surface area contributed by atoms with E-state index >= 15 is 0 Å². The van der Waals surface area contributed by atoms with Crippen molar-refractivity contribution >= 4 is 214 Å². The lowest BCUT2D eigenvalue weighted by Crippen LogP contribution is -2.00. The van der Waals surface area contributed by atoms with Gasteiger partial charge in [-0.05, 0) is 186 Å². The van der Waals surface area contributed by atoms with Crippen LogP contribution in [0.4, 0.5) is 0 Å². The maximum absolute atomic E-state index is 11.4. The molecule has 0 fully saturated rings. The quantitative estimate of drug-likeness (QED) is 0.0130. The number of nitrogens with zero attached hydrogens (tertiary/aromatic N) is 13. The van der Waals surface area contributed by atoms with Crippen LogP contribution in [0.5, 0.6) is 5.75 Å². The van der Waals surface area contributed by atoms with E-state index < -0.39 is 5.76 Å². The van der Waals surface area contributed by atoms with Gasteiger partial charge in [0.15, 0.2) is 5.58 Å². The predicted octanol–water partition coefficient (Wildman–Crippen LogP) is 20.9. The number of carbonyl (C=O) groups excluding carboxylic acids is 10. The Kier molecular flexibility index (Phi) is 35.6. The molecule has 34 nitrogen and oxygen atoms in total. The molecule has 0 spiro atoms. The molecule has 22 aromatic rings. The van der Waals surface area contributed by atoms with Crippen LogP contribution in [-0.2, 0) is 112 Å². The maximum Gasteiger partial charge on any atom is 0.417 e. The number of aryl methyl sites for hydroxylation is 9. The summed E-state index contributed by atoms with van der Waals surface area (Å²) in [7, 11) is 0. The first-order valence-corrected chi connectivity index (χ1v) is 53.8. The highest BCUT2D eigenvalue weighted by Crippen LogP contribution is 2.37. The Labute approximate surface area is 878 Å². The lowest BCUT2D eigenvalue weighted by Gasteiger charge is -2.00. The number of rotatable bonds is 32. The molecule has 2 aliphatic heterocycles. The molecule has 750 valence electrons. The van der Waals surface area contributed by atoms with Crippen LogP contribution in [0, 0.1) is 6.92 Å². The van der Waals surface area contributed by atoms with Gasteiger partial charge in [-0.2, -0.15) is 0 Å². The van der Waals surface area contributed by atoms with Gasteiger partial charge in [0.2, 0.25) is 0 Å². The van der Waals surface area contributed by atoms with E-state index in [1.54, 1.807) is 92.7 Å². The normalized spacial score (nSPS) is 11.5. The summed E-state index contributed by atoms with van der Waals surface area (Å²) >= 11 is 12.5. The zero-order valence-electron chi connectivity index (χ0n) is 79.3. The van der Waals surface area contributed by atoms with Crippen molar-refractivity contribution in [3.63, 3.8) is 0 Å². The van der Waals surface area contributed by atoms with E-state index in [9.17, 15) is 57.5 Å². The van der Waals surface area contributed by atoms with Crippen LogP contribution >= 0.6 is 90.7 Å². The molecule has 0 unspecified atom stereocenters. The molecule has 0 radical (unpaired) electrons. The van der Waals surface area contributed by atoms with Crippen LogP contribution in [0.25, 0.3) is 145 Å². The Balaban J connectivity index is 0.000000116. The van der Waals surface area contributed by atoms with E-state index in [0.29, 0.717) is 138 Å². The number of pyridine rings is 2. The lowest BCUT2D eigenvalue weighted by molar-refractivity contribution is -0.132. The number of hydrogen-bond donors (Lipinski definition) is 6. The molecule has 0 bridgehead atoms. The van der Waals surface area contributed by atoms with Gasteiger partial charge in [-0.1, -0.05) is 6.07 Å². The summed E-state index contributed by atoms with van der Waals surface area (Å²) in [6.45, 7) is 2.28. The number of imidazole rings is 4. The fourth-order valence-corrected chi connectivity index (χ4v) is 22.1. The van der Waals surface area contributed by atoms with Gasteiger partial charge in [0.1, 0.15) is 120 Å². The van der Waals surface area contributed by atoms with Crippen LogP contribution < -0.4 is 16.2 Å². The van der Waals surface area contributed by atoms with Crippen LogP contribution in [-0.4, -0.2) is 156 Å². The number of benzene rings is 6. The van der Waals surface area contributed by atoms with Crippen LogP contribution in [0.3, 0.4) is 0 Å². The maximum atomic E-state index is 11.4. The van der Waals surface area contributed by atoms with E-state index in [4.69, 9.17) is 13.9 Å². The molecular formula is C107H89N19O15S8. The third kappa shape index (κ3) is 27.6. The first kappa shape index (κ1) is 104. The number of aromatic nitrogens is 19. The molecule has 6 N–H and O–H groups in total. The minimum Gasteiger partial charge on any atom is -0.457 e. The van der Waals surface area contributed by atoms with Crippen molar-refractivity contribution in [1.82, 2.24) is 94.1 Å². The van der Waals surface area contributed by atoms with Crippen molar-refractivity contribution in [2.45, 2.75) is 123 Å². The number of oxazole rings is 1. The Bertz CT molecular complexity index is 8180. The van der Waals surface area contributed by atoms with Gasteiger partial charge < -0.3 is 81.6 Å². The molecule has 2 aliphatic rings. The van der Waals surface area contributed by atoms with E-state index in [-0.39, 0.29) is 17.6 Å². The summed E-state index contributed by atoms with van der Waals surface area (Å²) in [4.78, 5) is 198. The standard InChI is InChI=1S/C14H13N3OS.2C14H11NO3S.C13H11N3O2S.3C13H11N3OS.C13H10N2O3S/c1-9-15-12-5-4-10(7-13(12)16-9)14-17-11(8-19-14)3-2-6-18;16-5-1-2-11-8-19-13(15-11)9-3-4-12-10(6-9)7-18-14(12)17;16-5-1-2-11-8-19-14(15-11)9-3-4-12-10(6-9)7-13(17)18-12;17-5-1-2-9-7-19-12(14-9)8-3-4-10-11(6-8)16-13(18)15-10;17-7-1-2-11-9-18-13(15-11)10-3-5-16-6-4-14-12(16)8-10;17-5-1-2-11-8-18-13(16-11)10-6-9-3-4-14-12(9)15-7-10;17-5-1-2-10-7-18-13(16-10)9-3-4-11-12(6-9)15-8-14-11;16-5-1-2-9-7-19-12(14-9)8-3-4-11-10(6-8)15-13(17)18-11/h4-8H,2-3H2,1H3,(H,15,16);2*3-6,8H,1-2,7H2;3-7H,1-2H2,(H2,15,16,18);3-9H,1-2H2;2*3-8H,1-2H2,(H,14,15);3-7H,1-2H2,(H,15,17). The van der Waals surface area contributed by atoms with Crippen molar-refractivity contribution in [1.29, 1.82) is 0 Å². The van der Waals surface area contributed by atoms with Crippen molar-refractivity contribution in [3.05, 3.63) is 303 Å². The van der Waals surface area contributed by atoms with Gasteiger partial charge in [-0.25, -0.2) is 74.2 Å². The highest BCUT2D eigenvalue weighted by atomic mass is 32.1. The second-order valence-corrected chi connectivity index (χ2v) is 40.1. The molecule has 42 heteroatoms. The lowest BCUT2D eigenvalue weighted by atomic mass is 10.1. The number of H-pyrrole nitrogens is 6. The topological polar surface area (TPSA) is 490 Å². The second-order valence-electron chi connectivity index (χ2n) is 33.2. The summed E-state index contributed by atoms with van der Waals surface area (Å²) in [5, 5.41) is 24.4. The third-order valence-electron chi connectivity index (χ3n) is 22.6. The van der Waals surface area contributed by atoms with Crippen molar-refractivity contribution in [2.75, 3.05) is 0 Å². The van der Waals surface area contributed by atoms with Gasteiger partial charge >= 0.3 is 23.4 Å². The van der Waals surface area contributed by atoms with Crippen LogP contribution in [0.1, 0.15) is 124 Å². The average molecular weight is 2140 g/mol. The first-order valence-electron chi connectivity index (χ1n) is 46.7. The number of fused-ring (bicyclic) bond motifs is 8. The molecule has 16 aromatic heterocycles. The van der Waals surface area contributed by atoms with Crippen molar-refractivity contribution < 1.29 is 61.8 Å². The zero-order chi connectivity index (χ0) is 103. The highest BCUT2D eigenvalue weighted by molar-refractivity contribution is 7.15. The Morgan fingerprint density at radius 2 is 0.785 bits per heavy atom. The number of ether oxygens (including phenoxy) is 2. The minimum atomic E-state index is -0.460. The molecule has 18 heterocycles. The fraction of sp³-hybridized carbons (Fsp3) is 0.178. The molecule has 0 saturated carbocycles. The number of aldehydes is 8. The minimum absolute atomic E-state index is 0.210. The zero-order valence-corrected chi connectivity index (χ0v) is 85.9. The number of aromatic amines is 6. The summed E-state index contributed by atoms with van der Waals surface area (Å²) in [6.07, 6.45) is 28.3. The number of thiazole rings is 8. The first-order chi connectivity index (χ1) is 72.9. The predicted molar refractivity (Wildman–Crippen MR) is 579 cm³/mol. The monoisotopic (exact) mass is 2140 g/mol. The van der Waals surface area contributed by atoms with E-state index in [0.717, 1.165) is 247 Å². The summed E-state index contributed by atoms with van der Waals surface area (Å²) in [5.74, 6) is 0.632. The molecule has 24 rings (SSSR count). The van der Waals surface area contributed by atoms with Gasteiger partial charge in [-0.3, -0.25) is 9.78 Å². The van der Waals surface area contributed by atoms with Crippen molar-refractivity contribution in [2.24, 2.45) is 0 Å². The Hall–Kier alpha value is -16.5.